The van der Waals surface area contributed by atoms with Gasteiger partial charge >= 0.3 is 0 Å². The van der Waals surface area contributed by atoms with E-state index >= 15 is 0 Å². The minimum Gasteiger partial charge on any atom is -0.481 e. The van der Waals surface area contributed by atoms with Crippen LogP contribution in [0.3, 0.4) is 0 Å². The van der Waals surface area contributed by atoms with Crippen molar-refractivity contribution >= 4 is 27.9 Å². The van der Waals surface area contributed by atoms with E-state index in [1.165, 1.54) is 35.2 Å². The summed E-state index contributed by atoms with van der Waals surface area (Å²) in [5.41, 5.74) is 0.0394. The van der Waals surface area contributed by atoms with Gasteiger partial charge in [0.25, 0.3) is 11.5 Å². The molecule has 21 heavy (non-hydrogen) atoms. The number of ether oxygens (including phenoxy) is 1. The second-order valence-corrected chi connectivity index (χ2v) is 4.95. The summed E-state index contributed by atoms with van der Waals surface area (Å²) in [6.07, 6.45) is 4.31. The molecule has 1 N–H and O–H groups in total. The van der Waals surface area contributed by atoms with E-state index < -0.39 is 11.5 Å². The molecule has 0 aliphatic rings. The summed E-state index contributed by atoms with van der Waals surface area (Å²) in [4.78, 5) is 32.9. The molecule has 8 heteroatoms. The van der Waals surface area contributed by atoms with Crippen LogP contribution in [0.5, 0.6) is 5.88 Å². The first kappa shape index (κ1) is 13.3. The van der Waals surface area contributed by atoms with Gasteiger partial charge in [0.05, 0.1) is 19.0 Å². The number of fused-ring (bicyclic) bond motifs is 1. The highest BCUT2D eigenvalue weighted by atomic mass is 32.1. The van der Waals surface area contributed by atoms with Gasteiger partial charge in [-0.2, -0.15) is 0 Å². The van der Waals surface area contributed by atoms with Gasteiger partial charge in [-0.1, -0.05) is 0 Å². The maximum Gasteiger partial charge on any atom is 0.271 e. The van der Waals surface area contributed by atoms with Gasteiger partial charge in [-0.15, -0.1) is 11.3 Å². The monoisotopic (exact) mass is 302 g/mol. The third-order valence-electron chi connectivity index (χ3n) is 2.79. The number of amides is 1. The first-order chi connectivity index (χ1) is 10.2. The van der Waals surface area contributed by atoms with Crippen LogP contribution in [0.4, 0.5) is 5.69 Å². The lowest BCUT2D eigenvalue weighted by atomic mass is 10.3. The second kappa shape index (κ2) is 5.33. The molecule has 0 aromatic carbocycles. The Bertz CT molecular complexity index is 854. The number of aromatic nitrogens is 3. The predicted octanol–water partition coefficient (Wildman–Crippen LogP) is 1.41. The van der Waals surface area contributed by atoms with E-state index in [9.17, 15) is 9.59 Å². The minimum atomic E-state index is -0.528. The van der Waals surface area contributed by atoms with Crippen LogP contribution in [0.15, 0.2) is 40.9 Å². The Kier molecular flexibility index (Phi) is 3.36. The SMILES string of the molecule is COc1ccc(NC(=O)c2cnc3sccn3c2=O)cn1. The quantitative estimate of drug-likeness (QED) is 0.790. The second-order valence-electron chi connectivity index (χ2n) is 4.08. The van der Waals surface area contributed by atoms with E-state index in [1.54, 1.807) is 23.7 Å². The van der Waals surface area contributed by atoms with Crippen LogP contribution in [0.25, 0.3) is 4.96 Å². The molecule has 0 saturated carbocycles. The fourth-order valence-corrected chi connectivity index (χ4v) is 2.43. The maximum absolute atomic E-state index is 12.2. The highest BCUT2D eigenvalue weighted by Gasteiger charge is 2.14. The molecule has 3 rings (SSSR count). The fraction of sp³-hybridized carbons (Fsp3) is 0.0769. The van der Waals surface area contributed by atoms with Crippen LogP contribution < -0.4 is 15.6 Å². The molecular formula is C13H10N4O3S. The zero-order valence-corrected chi connectivity index (χ0v) is 11.8. The molecule has 3 aromatic heterocycles. The lowest BCUT2D eigenvalue weighted by molar-refractivity contribution is 0.102. The average molecular weight is 302 g/mol. The molecule has 0 aliphatic carbocycles. The van der Waals surface area contributed by atoms with Crippen LogP contribution in [-0.2, 0) is 0 Å². The Labute approximate surface area is 122 Å². The zero-order chi connectivity index (χ0) is 14.8. The maximum atomic E-state index is 12.2. The third kappa shape index (κ3) is 2.48. The summed E-state index contributed by atoms with van der Waals surface area (Å²) in [7, 11) is 1.50. The van der Waals surface area contributed by atoms with Crippen molar-refractivity contribution in [1.82, 2.24) is 14.4 Å². The Morgan fingerprint density at radius 1 is 1.33 bits per heavy atom. The summed E-state index contributed by atoms with van der Waals surface area (Å²) in [6, 6.07) is 3.25. The van der Waals surface area contributed by atoms with E-state index in [1.807, 2.05) is 0 Å². The molecule has 0 aliphatic heterocycles. The summed E-state index contributed by atoms with van der Waals surface area (Å²) >= 11 is 1.33. The van der Waals surface area contributed by atoms with Gasteiger partial charge in [0.2, 0.25) is 5.88 Å². The van der Waals surface area contributed by atoms with Gasteiger partial charge in [0.1, 0.15) is 5.56 Å². The zero-order valence-electron chi connectivity index (χ0n) is 10.9. The number of carbonyl (C=O) groups is 1. The van der Waals surface area contributed by atoms with Gasteiger partial charge in [-0.05, 0) is 6.07 Å². The number of carbonyl (C=O) groups excluding carboxylic acids is 1. The average Bonchev–Trinajstić information content (AvgIpc) is 2.98. The van der Waals surface area contributed by atoms with E-state index in [0.29, 0.717) is 16.5 Å². The van der Waals surface area contributed by atoms with E-state index in [4.69, 9.17) is 4.74 Å². The highest BCUT2D eigenvalue weighted by molar-refractivity contribution is 7.15. The molecule has 3 aromatic rings. The molecule has 0 atom stereocenters. The molecule has 0 saturated heterocycles. The summed E-state index contributed by atoms with van der Waals surface area (Å²) in [6.45, 7) is 0. The highest BCUT2D eigenvalue weighted by Crippen LogP contribution is 2.12. The molecule has 0 unspecified atom stereocenters. The molecule has 0 bridgehead atoms. The number of pyridine rings is 1. The number of methoxy groups -OCH3 is 1. The van der Waals surface area contributed by atoms with Crippen molar-refractivity contribution in [2.45, 2.75) is 0 Å². The standard InChI is InChI=1S/C13H10N4O3S/c1-20-10-3-2-8(6-14-10)16-11(18)9-7-15-13-17(12(9)19)4-5-21-13/h2-7H,1H3,(H,16,18). The Balaban J connectivity index is 1.89. The first-order valence-electron chi connectivity index (χ1n) is 5.95. The van der Waals surface area contributed by atoms with Gasteiger partial charge in [-0.3, -0.25) is 14.0 Å². The lowest BCUT2D eigenvalue weighted by Crippen LogP contribution is -2.25. The fourth-order valence-electron chi connectivity index (χ4n) is 1.75. The van der Waals surface area contributed by atoms with Crippen LogP contribution in [0.1, 0.15) is 10.4 Å². The summed E-state index contributed by atoms with van der Waals surface area (Å²) < 4.78 is 6.27. The molecule has 0 radical (unpaired) electrons. The molecule has 1 amide bonds. The topological polar surface area (TPSA) is 85.6 Å². The van der Waals surface area contributed by atoms with Gasteiger partial charge in [0.15, 0.2) is 4.96 Å². The molecule has 3 heterocycles. The van der Waals surface area contributed by atoms with Gasteiger partial charge < -0.3 is 10.1 Å². The Morgan fingerprint density at radius 3 is 2.90 bits per heavy atom. The third-order valence-corrected chi connectivity index (χ3v) is 3.56. The minimum absolute atomic E-state index is 0.0262. The van der Waals surface area contributed by atoms with Gasteiger partial charge in [-0.25, -0.2) is 9.97 Å². The van der Waals surface area contributed by atoms with E-state index in [-0.39, 0.29) is 5.56 Å². The van der Waals surface area contributed by atoms with E-state index in [2.05, 4.69) is 15.3 Å². The smallest absolute Gasteiger partial charge is 0.271 e. The van der Waals surface area contributed by atoms with Crippen LogP contribution in [0, 0.1) is 0 Å². The number of hydrogen-bond donors (Lipinski definition) is 1. The number of anilines is 1. The van der Waals surface area contributed by atoms with Crippen molar-refractivity contribution in [2.75, 3.05) is 12.4 Å². The molecule has 0 spiro atoms. The predicted molar refractivity (Wildman–Crippen MR) is 78.1 cm³/mol. The van der Waals surface area contributed by atoms with Crippen molar-refractivity contribution in [2.24, 2.45) is 0 Å². The van der Waals surface area contributed by atoms with E-state index in [0.717, 1.165) is 0 Å². The van der Waals surface area contributed by atoms with Crippen LogP contribution in [0.2, 0.25) is 0 Å². The van der Waals surface area contributed by atoms with Crippen LogP contribution >= 0.6 is 11.3 Å². The number of hydrogen-bond acceptors (Lipinski definition) is 6. The normalized spacial score (nSPS) is 10.5. The van der Waals surface area contributed by atoms with Crippen molar-refractivity contribution in [3.8, 4) is 5.88 Å². The number of nitrogens with one attached hydrogen (secondary N) is 1. The number of rotatable bonds is 3. The Morgan fingerprint density at radius 2 is 2.19 bits per heavy atom. The molecule has 0 fully saturated rings. The van der Waals surface area contributed by atoms with Crippen LogP contribution in [-0.4, -0.2) is 27.4 Å². The van der Waals surface area contributed by atoms with Crippen molar-refractivity contribution in [3.63, 3.8) is 0 Å². The summed E-state index contributed by atoms with van der Waals surface area (Å²) in [5, 5.41) is 4.34. The number of thiazole rings is 1. The molecule has 106 valence electrons. The van der Waals surface area contributed by atoms with Crippen molar-refractivity contribution in [1.29, 1.82) is 0 Å². The van der Waals surface area contributed by atoms with Gasteiger partial charge in [0, 0.05) is 23.8 Å². The first-order valence-corrected chi connectivity index (χ1v) is 6.83. The number of nitrogens with zero attached hydrogens (tertiary/aromatic N) is 3. The molecular weight excluding hydrogens is 292 g/mol. The van der Waals surface area contributed by atoms with Crippen molar-refractivity contribution < 1.29 is 9.53 Å². The largest absolute Gasteiger partial charge is 0.481 e. The lowest BCUT2D eigenvalue weighted by Gasteiger charge is -2.05. The summed E-state index contributed by atoms with van der Waals surface area (Å²) in [5.74, 6) is -0.0884. The van der Waals surface area contributed by atoms with Crippen molar-refractivity contribution in [3.05, 3.63) is 52.0 Å². The molecule has 7 nitrogen and oxygen atoms in total. The Hall–Kier alpha value is -2.74.